The van der Waals surface area contributed by atoms with Gasteiger partial charge in [-0.3, -0.25) is 0 Å². The summed E-state index contributed by atoms with van der Waals surface area (Å²) >= 11 is 7.73. The molecule has 114 valence electrons. The maximum atomic E-state index is 9.18. The summed E-state index contributed by atoms with van der Waals surface area (Å²) in [6.07, 6.45) is 3.64. The highest BCUT2D eigenvalue weighted by Gasteiger charge is 2.11. The van der Waals surface area contributed by atoms with Gasteiger partial charge in [-0.2, -0.15) is 10.2 Å². The van der Waals surface area contributed by atoms with E-state index in [2.05, 4.69) is 10.3 Å². The van der Waals surface area contributed by atoms with E-state index in [0.717, 1.165) is 10.4 Å². The third kappa shape index (κ3) is 3.81. The van der Waals surface area contributed by atoms with Crippen molar-refractivity contribution in [3.63, 3.8) is 0 Å². The van der Waals surface area contributed by atoms with E-state index in [1.54, 1.807) is 17.4 Å². The molecule has 6 heteroatoms. The number of nitrogens with zero attached hydrogens (tertiary/aromatic N) is 2. The van der Waals surface area contributed by atoms with Gasteiger partial charge in [-0.15, -0.1) is 11.3 Å². The first-order valence-electron chi connectivity index (χ1n) is 6.86. The lowest BCUT2D eigenvalue weighted by Crippen LogP contribution is -2.00. The number of nitriles is 1. The molecule has 0 fully saturated rings. The van der Waals surface area contributed by atoms with E-state index in [1.807, 2.05) is 53.9 Å². The molecule has 2 heterocycles. The zero-order chi connectivity index (χ0) is 16.1. The topological polar surface area (TPSA) is 61.9 Å². The maximum Gasteiger partial charge on any atom is 0.232 e. The SMILES string of the molecule is N#Cc1nc(C=Cc2cccs2)oc1NCc1ccccc1Cl. The van der Waals surface area contributed by atoms with Crippen LogP contribution in [0.1, 0.15) is 22.0 Å². The molecule has 0 aliphatic rings. The second-order valence-corrected chi connectivity index (χ2v) is 6.02. The van der Waals surface area contributed by atoms with Crippen LogP contribution in [0.25, 0.3) is 12.2 Å². The van der Waals surface area contributed by atoms with Crippen molar-refractivity contribution in [3.05, 3.63) is 68.8 Å². The minimum atomic E-state index is 0.225. The lowest BCUT2D eigenvalue weighted by molar-refractivity contribution is 0.557. The Kier molecular flexibility index (Phi) is 4.77. The lowest BCUT2D eigenvalue weighted by Gasteiger charge is -2.04. The number of benzene rings is 1. The van der Waals surface area contributed by atoms with Gasteiger partial charge in [0.2, 0.25) is 17.5 Å². The molecule has 0 unspecified atom stereocenters. The Hall–Kier alpha value is -2.55. The van der Waals surface area contributed by atoms with Crippen LogP contribution in [0.15, 0.2) is 46.2 Å². The molecule has 3 rings (SSSR count). The third-order valence-electron chi connectivity index (χ3n) is 3.08. The number of aromatic nitrogens is 1. The van der Waals surface area contributed by atoms with E-state index < -0.39 is 0 Å². The van der Waals surface area contributed by atoms with Gasteiger partial charge in [-0.05, 0) is 29.2 Å². The highest BCUT2D eigenvalue weighted by molar-refractivity contribution is 7.10. The molecule has 4 nitrogen and oxygen atoms in total. The minimum absolute atomic E-state index is 0.225. The van der Waals surface area contributed by atoms with Crippen molar-refractivity contribution in [3.8, 4) is 6.07 Å². The van der Waals surface area contributed by atoms with Gasteiger partial charge >= 0.3 is 0 Å². The first-order chi connectivity index (χ1) is 11.3. The van der Waals surface area contributed by atoms with Crippen molar-refractivity contribution in [1.29, 1.82) is 5.26 Å². The van der Waals surface area contributed by atoms with Crippen LogP contribution in [0.4, 0.5) is 5.88 Å². The Morgan fingerprint density at radius 1 is 1.26 bits per heavy atom. The Morgan fingerprint density at radius 2 is 2.13 bits per heavy atom. The third-order valence-corrected chi connectivity index (χ3v) is 4.29. The number of halogens is 1. The smallest absolute Gasteiger partial charge is 0.232 e. The quantitative estimate of drug-likeness (QED) is 0.705. The molecular formula is C17H12ClN3OS. The normalized spacial score (nSPS) is 10.8. The van der Waals surface area contributed by atoms with Gasteiger partial charge in [-0.25, -0.2) is 0 Å². The van der Waals surface area contributed by atoms with Crippen molar-refractivity contribution in [1.82, 2.24) is 4.98 Å². The molecular weight excluding hydrogens is 330 g/mol. The number of rotatable bonds is 5. The van der Waals surface area contributed by atoms with E-state index in [1.165, 1.54) is 0 Å². The van der Waals surface area contributed by atoms with E-state index >= 15 is 0 Å². The summed E-state index contributed by atoms with van der Waals surface area (Å²) in [4.78, 5) is 5.25. The van der Waals surface area contributed by atoms with Crippen molar-refractivity contribution in [2.75, 3.05) is 5.32 Å². The number of hydrogen-bond donors (Lipinski definition) is 1. The van der Waals surface area contributed by atoms with E-state index in [0.29, 0.717) is 23.3 Å². The first kappa shape index (κ1) is 15.3. The van der Waals surface area contributed by atoms with Gasteiger partial charge in [0, 0.05) is 22.5 Å². The van der Waals surface area contributed by atoms with Gasteiger partial charge in [-0.1, -0.05) is 35.9 Å². The molecule has 0 aliphatic heterocycles. The molecule has 2 aromatic heterocycles. The second-order valence-electron chi connectivity index (χ2n) is 4.64. The number of hydrogen-bond acceptors (Lipinski definition) is 5. The molecule has 3 aromatic rings. The predicted octanol–water partition coefficient (Wildman–Crippen LogP) is 5.04. The predicted molar refractivity (Wildman–Crippen MR) is 93.2 cm³/mol. The van der Waals surface area contributed by atoms with Crippen LogP contribution in [-0.4, -0.2) is 4.98 Å². The van der Waals surface area contributed by atoms with Crippen LogP contribution >= 0.6 is 22.9 Å². The summed E-state index contributed by atoms with van der Waals surface area (Å²) in [5.74, 6) is 0.731. The Morgan fingerprint density at radius 3 is 2.87 bits per heavy atom. The largest absolute Gasteiger partial charge is 0.420 e. The summed E-state index contributed by atoms with van der Waals surface area (Å²) < 4.78 is 5.60. The Bertz CT molecular complexity index is 862. The van der Waals surface area contributed by atoms with Crippen LogP contribution in [0.3, 0.4) is 0 Å². The second kappa shape index (κ2) is 7.14. The number of anilines is 1. The molecule has 0 radical (unpaired) electrons. The van der Waals surface area contributed by atoms with Crippen LogP contribution in [0.5, 0.6) is 0 Å². The molecule has 0 saturated heterocycles. The van der Waals surface area contributed by atoms with Crippen LogP contribution in [0.2, 0.25) is 5.02 Å². The molecule has 0 atom stereocenters. The Balaban J connectivity index is 1.75. The molecule has 0 amide bonds. The molecule has 23 heavy (non-hydrogen) atoms. The number of oxazole rings is 1. The highest BCUT2D eigenvalue weighted by Crippen LogP contribution is 2.22. The van der Waals surface area contributed by atoms with Crippen molar-refractivity contribution < 1.29 is 4.42 Å². The average Bonchev–Trinajstić information content (AvgIpc) is 3.21. The van der Waals surface area contributed by atoms with Crippen molar-refractivity contribution in [2.24, 2.45) is 0 Å². The fraction of sp³-hybridized carbons (Fsp3) is 0.0588. The van der Waals surface area contributed by atoms with E-state index in [4.69, 9.17) is 16.0 Å². The van der Waals surface area contributed by atoms with Gasteiger partial charge in [0.05, 0.1) is 0 Å². The minimum Gasteiger partial charge on any atom is -0.420 e. The van der Waals surface area contributed by atoms with E-state index in [-0.39, 0.29) is 5.69 Å². The van der Waals surface area contributed by atoms with Crippen LogP contribution in [0, 0.1) is 11.3 Å². The molecule has 0 bridgehead atoms. The van der Waals surface area contributed by atoms with Gasteiger partial charge in [0.15, 0.2) is 0 Å². The van der Waals surface area contributed by atoms with Crippen LogP contribution in [-0.2, 0) is 6.54 Å². The summed E-state index contributed by atoms with van der Waals surface area (Å²) in [6, 6.07) is 13.5. The molecule has 0 spiro atoms. The summed E-state index contributed by atoms with van der Waals surface area (Å²) in [6.45, 7) is 0.456. The summed E-state index contributed by atoms with van der Waals surface area (Å²) in [7, 11) is 0. The number of thiophene rings is 1. The summed E-state index contributed by atoms with van der Waals surface area (Å²) in [5.41, 5.74) is 1.15. The average molecular weight is 342 g/mol. The molecule has 0 saturated carbocycles. The summed E-state index contributed by atoms with van der Waals surface area (Å²) in [5, 5.41) is 14.9. The van der Waals surface area contributed by atoms with Gasteiger partial charge < -0.3 is 9.73 Å². The number of nitrogens with one attached hydrogen (secondary N) is 1. The monoisotopic (exact) mass is 341 g/mol. The molecule has 1 N–H and O–H groups in total. The standard InChI is InChI=1S/C17H12ClN3OS/c18-14-6-2-1-4-12(14)11-20-17-15(10-19)21-16(22-17)8-7-13-5-3-9-23-13/h1-9,20H,11H2. The Labute approximate surface area is 142 Å². The zero-order valence-corrected chi connectivity index (χ0v) is 13.6. The first-order valence-corrected chi connectivity index (χ1v) is 8.12. The molecule has 0 aliphatic carbocycles. The van der Waals surface area contributed by atoms with Gasteiger partial charge in [0.25, 0.3) is 0 Å². The fourth-order valence-corrected chi connectivity index (χ4v) is 2.78. The van der Waals surface area contributed by atoms with E-state index in [9.17, 15) is 5.26 Å². The van der Waals surface area contributed by atoms with Crippen molar-refractivity contribution in [2.45, 2.75) is 6.54 Å². The van der Waals surface area contributed by atoms with Gasteiger partial charge in [0.1, 0.15) is 6.07 Å². The van der Waals surface area contributed by atoms with Crippen LogP contribution < -0.4 is 5.32 Å². The lowest BCUT2D eigenvalue weighted by atomic mass is 10.2. The maximum absolute atomic E-state index is 9.18. The zero-order valence-electron chi connectivity index (χ0n) is 12.0. The van der Waals surface area contributed by atoms with Crippen molar-refractivity contribution >= 4 is 41.0 Å². The molecule has 1 aromatic carbocycles. The fourth-order valence-electron chi connectivity index (χ4n) is 1.96. The highest BCUT2D eigenvalue weighted by atomic mass is 35.5.